The molecular weight excluding hydrogens is 386 g/mol. The number of carbonyl (C=O) groups is 3. The zero-order valence-corrected chi connectivity index (χ0v) is 17.9. The second-order valence-electron chi connectivity index (χ2n) is 7.51. The summed E-state index contributed by atoms with van der Waals surface area (Å²) in [6, 6.07) is 3.35. The summed E-state index contributed by atoms with van der Waals surface area (Å²) >= 11 is 0. The van der Waals surface area contributed by atoms with Crippen molar-refractivity contribution in [1.82, 2.24) is 14.9 Å². The number of hydrogen-bond donors (Lipinski definition) is 2. The van der Waals surface area contributed by atoms with Crippen LogP contribution in [-0.2, 0) is 19.6 Å². The van der Waals surface area contributed by atoms with Crippen molar-refractivity contribution in [1.29, 1.82) is 0 Å². The van der Waals surface area contributed by atoms with Gasteiger partial charge in [-0.1, -0.05) is 6.07 Å². The van der Waals surface area contributed by atoms with Crippen LogP contribution in [0.2, 0.25) is 0 Å². The largest absolute Gasteiger partial charge is 0.449 e. The van der Waals surface area contributed by atoms with Gasteiger partial charge in [-0.05, 0) is 52.3 Å². The first-order chi connectivity index (χ1) is 12.6. The van der Waals surface area contributed by atoms with Gasteiger partial charge in [-0.15, -0.1) is 0 Å². The number of amides is 3. The Labute approximate surface area is 165 Å². The quantitative estimate of drug-likeness (QED) is 0.704. The lowest BCUT2D eigenvalue weighted by Gasteiger charge is -2.21. The average molecular weight is 413 g/mol. The van der Waals surface area contributed by atoms with E-state index in [9.17, 15) is 22.8 Å². The lowest BCUT2D eigenvalue weighted by Crippen LogP contribution is -2.50. The number of hydrogen-bond acceptors (Lipinski definition) is 6. The van der Waals surface area contributed by atoms with Crippen LogP contribution in [0.15, 0.2) is 23.1 Å². The van der Waals surface area contributed by atoms with Gasteiger partial charge in [0.2, 0.25) is 10.0 Å². The van der Waals surface area contributed by atoms with Crippen molar-refractivity contribution < 1.29 is 27.5 Å². The van der Waals surface area contributed by atoms with E-state index in [0.717, 1.165) is 4.31 Å². The summed E-state index contributed by atoms with van der Waals surface area (Å²) in [6.45, 7) is 8.17. The minimum Gasteiger partial charge on any atom is -0.449 e. The highest BCUT2D eigenvalue weighted by Gasteiger charge is 2.25. The number of nitrogens with one attached hydrogen (secondary N) is 2. The summed E-state index contributed by atoms with van der Waals surface area (Å²) in [7, 11) is -0.980. The number of esters is 1. The molecule has 1 aromatic carbocycles. The SMILES string of the molecule is Cc1ccc(S(=O)(=O)N(C)C)cc1C(=O)O[C@@H](C)C(=O)NC(=O)NC(C)(C)C. The van der Waals surface area contributed by atoms with Crippen molar-refractivity contribution in [2.45, 2.75) is 51.2 Å². The Bertz CT molecular complexity index is 872. The van der Waals surface area contributed by atoms with E-state index in [1.54, 1.807) is 27.7 Å². The fraction of sp³-hybridized carbons (Fsp3) is 0.500. The van der Waals surface area contributed by atoms with E-state index in [-0.39, 0.29) is 10.5 Å². The van der Waals surface area contributed by atoms with E-state index in [1.165, 1.54) is 39.2 Å². The summed E-state index contributed by atoms with van der Waals surface area (Å²) in [4.78, 5) is 36.2. The van der Waals surface area contributed by atoms with Crippen molar-refractivity contribution in [2.24, 2.45) is 0 Å². The standard InChI is InChI=1S/C18H27N3O6S/c1-11-8-9-13(28(25,26)21(6)7)10-14(11)16(23)27-12(2)15(22)19-17(24)20-18(3,4)5/h8-10,12H,1-7H3,(H2,19,20,22,24)/t12-/m0/s1. The molecule has 0 radical (unpaired) electrons. The van der Waals surface area contributed by atoms with Crippen LogP contribution in [0.25, 0.3) is 0 Å². The summed E-state index contributed by atoms with van der Waals surface area (Å²) in [5.74, 6) is -1.67. The number of sulfonamides is 1. The van der Waals surface area contributed by atoms with Crippen LogP contribution in [0.5, 0.6) is 0 Å². The van der Waals surface area contributed by atoms with Gasteiger partial charge in [0.25, 0.3) is 5.91 Å². The molecule has 3 amide bonds. The van der Waals surface area contributed by atoms with Crippen LogP contribution in [-0.4, -0.2) is 56.4 Å². The maximum atomic E-state index is 12.4. The Balaban J connectivity index is 2.93. The van der Waals surface area contributed by atoms with Gasteiger partial charge in [-0.2, -0.15) is 0 Å². The molecule has 1 rings (SSSR count). The molecule has 10 heteroatoms. The van der Waals surface area contributed by atoms with Crippen LogP contribution in [0, 0.1) is 6.92 Å². The Morgan fingerprint density at radius 1 is 1.14 bits per heavy atom. The van der Waals surface area contributed by atoms with Gasteiger partial charge in [0.05, 0.1) is 10.5 Å². The summed E-state index contributed by atoms with van der Waals surface area (Å²) < 4.78 is 30.6. The maximum absolute atomic E-state index is 12.4. The molecule has 0 saturated carbocycles. The topological polar surface area (TPSA) is 122 Å². The molecule has 28 heavy (non-hydrogen) atoms. The number of carbonyl (C=O) groups excluding carboxylic acids is 3. The Kier molecular flexibility index (Phi) is 7.32. The normalized spacial score (nSPS) is 13.0. The third kappa shape index (κ3) is 6.31. The number of nitrogens with zero attached hydrogens (tertiary/aromatic N) is 1. The monoisotopic (exact) mass is 413 g/mol. The van der Waals surface area contributed by atoms with Crippen LogP contribution in [0.1, 0.15) is 43.6 Å². The van der Waals surface area contributed by atoms with Crippen molar-refractivity contribution in [3.8, 4) is 0 Å². The van der Waals surface area contributed by atoms with Gasteiger partial charge < -0.3 is 10.1 Å². The highest BCUT2D eigenvalue weighted by Crippen LogP contribution is 2.19. The number of benzene rings is 1. The highest BCUT2D eigenvalue weighted by atomic mass is 32.2. The molecule has 0 spiro atoms. The van der Waals surface area contributed by atoms with Gasteiger partial charge in [0.1, 0.15) is 0 Å². The van der Waals surface area contributed by atoms with Crippen molar-refractivity contribution in [3.05, 3.63) is 29.3 Å². The molecule has 0 bridgehead atoms. The van der Waals surface area contributed by atoms with Gasteiger partial charge in [0.15, 0.2) is 6.10 Å². The number of rotatable bonds is 5. The number of aryl methyl sites for hydroxylation is 1. The van der Waals surface area contributed by atoms with Gasteiger partial charge >= 0.3 is 12.0 Å². The summed E-state index contributed by atoms with van der Waals surface area (Å²) in [6.07, 6.45) is -1.26. The van der Waals surface area contributed by atoms with Crippen LogP contribution < -0.4 is 10.6 Å². The van der Waals surface area contributed by atoms with E-state index < -0.39 is 39.6 Å². The van der Waals surface area contributed by atoms with E-state index >= 15 is 0 Å². The van der Waals surface area contributed by atoms with Crippen LogP contribution in [0.3, 0.4) is 0 Å². The van der Waals surface area contributed by atoms with Gasteiger partial charge in [0, 0.05) is 19.6 Å². The smallest absolute Gasteiger partial charge is 0.339 e. The summed E-state index contributed by atoms with van der Waals surface area (Å²) in [5.41, 5.74) is -0.0396. The second-order valence-corrected chi connectivity index (χ2v) is 9.66. The molecule has 0 unspecified atom stereocenters. The molecule has 0 aliphatic rings. The summed E-state index contributed by atoms with van der Waals surface area (Å²) in [5, 5.41) is 4.64. The lowest BCUT2D eigenvalue weighted by molar-refractivity contribution is -0.127. The number of urea groups is 1. The Morgan fingerprint density at radius 2 is 1.71 bits per heavy atom. The Morgan fingerprint density at radius 3 is 2.21 bits per heavy atom. The van der Waals surface area contributed by atoms with Crippen molar-refractivity contribution >= 4 is 27.9 Å². The predicted molar refractivity (Wildman–Crippen MR) is 103 cm³/mol. The van der Waals surface area contributed by atoms with E-state index in [0.29, 0.717) is 5.56 Å². The first kappa shape index (κ1) is 23.6. The number of ether oxygens (including phenoxy) is 1. The zero-order valence-electron chi connectivity index (χ0n) is 17.1. The molecule has 9 nitrogen and oxygen atoms in total. The highest BCUT2D eigenvalue weighted by molar-refractivity contribution is 7.89. The number of imide groups is 1. The van der Waals surface area contributed by atoms with Gasteiger partial charge in [-0.25, -0.2) is 22.3 Å². The van der Waals surface area contributed by atoms with E-state index in [2.05, 4.69) is 10.6 Å². The maximum Gasteiger partial charge on any atom is 0.339 e. The molecule has 0 heterocycles. The third-order valence-electron chi connectivity index (χ3n) is 3.59. The van der Waals surface area contributed by atoms with Crippen LogP contribution in [0.4, 0.5) is 4.79 Å². The minimum atomic E-state index is -3.73. The molecule has 1 atom stereocenters. The van der Waals surface area contributed by atoms with Crippen LogP contribution >= 0.6 is 0 Å². The van der Waals surface area contributed by atoms with E-state index in [1.807, 2.05) is 0 Å². The first-order valence-electron chi connectivity index (χ1n) is 8.52. The molecule has 2 N–H and O–H groups in total. The molecule has 0 aliphatic heterocycles. The average Bonchev–Trinajstić information content (AvgIpc) is 2.52. The molecule has 156 valence electrons. The van der Waals surface area contributed by atoms with Gasteiger partial charge in [-0.3, -0.25) is 10.1 Å². The third-order valence-corrected chi connectivity index (χ3v) is 5.40. The molecular formula is C18H27N3O6S. The Hall–Kier alpha value is -2.46. The molecule has 0 aromatic heterocycles. The fourth-order valence-corrected chi connectivity index (χ4v) is 2.98. The minimum absolute atomic E-state index is 0.0155. The predicted octanol–water partition coefficient (Wildman–Crippen LogP) is 1.41. The molecule has 1 aromatic rings. The fourth-order valence-electron chi connectivity index (χ4n) is 2.06. The van der Waals surface area contributed by atoms with Crippen molar-refractivity contribution in [3.63, 3.8) is 0 Å². The lowest BCUT2D eigenvalue weighted by atomic mass is 10.1. The first-order valence-corrected chi connectivity index (χ1v) is 9.96. The van der Waals surface area contributed by atoms with Crippen molar-refractivity contribution in [2.75, 3.05) is 14.1 Å². The zero-order chi connectivity index (χ0) is 21.9. The molecule has 0 fully saturated rings. The second kappa shape index (κ2) is 8.70. The van der Waals surface area contributed by atoms with E-state index in [4.69, 9.17) is 4.74 Å². The molecule has 0 aliphatic carbocycles. The molecule has 0 saturated heterocycles.